The predicted molar refractivity (Wildman–Crippen MR) is 126 cm³/mol. The van der Waals surface area contributed by atoms with Crippen molar-refractivity contribution >= 4 is 34.8 Å². The second-order valence-corrected chi connectivity index (χ2v) is 9.37. The van der Waals surface area contributed by atoms with Gasteiger partial charge in [0.15, 0.2) is 0 Å². The van der Waals surface area contributed by atoms with Gasteiger partial charge in [-0.2, -0.15) is 0 Å². The minimum absolute atomic E-state index is 0.0499. The summed E-state index contributed by atoms with van der Waals surface area (Å²) in [6.07, 6.45) is 5.38. The van der Waals surface area contributed by atoms with Crippen molar-refractivity contribution in [3.63, 3.8) is 0 Å². The number of hydrogen-bond donors (Lipinski definition) is 1. The fraction of sp³-hybridized carbons (Fsp3) is 0.440. The van der Waals surface area contributed by atoms with Crippen LogP contribution in [0.3, 0.4) is 0 Å². The summed E-state index contributed by atoms with van der Waals surface area (Å²) in [5, 5.41) is 3.54. The molecule has 0 spiro atoms. The van der Waals surface area contributed by atoms with E-state index in [0.717, 1.165) is 55.6 Å². The fourth-order valence-electron chi connectivity index (χ4n) is 3.98. The van der Waals surface area contributed by atoms with E-state index in [-0.39, 0.29) is 17.7 Å². The first kappa shape index (κ1) is 21.7. The van der Waals surface area contributed by atoms with Crippen LogP contribution in [-0.4, -0.2) is 37.4 Å². The summed E-state index contributed by atoms with van der Waals surface area (Å²) in [6.45, 7) is 1.19. The van der Waals surface area contributed by atoms with E-state index in [9.17, 15) is 9.59 Å². The number of rotatable bonds is 8. The van der Waals surface area contributed by atoms with Crippen LogP contribution in [0.25, 0.3) is 0 Å². The van der Waals surface area contributed by atoms with Crippen molar-refractivity contribution in [3.05, 3.63) is 58.6 Å². The third-order valence-electron chi connectivity index (χ3n) is 6.23. The molecule has 2 aliphatic rings. The number of anilines is 2. The summed E-state index contributed by atoms with van der Waals surface area (Å²) in [4.78, 5) is 29.7. The number of halogens is 1. The maximum atomic E-state index is 13.4. The third kappa shape index (κ3) is 5.21. The molecule has 2 fully saturated rings. The summed E-state index contributed by atoms with van der Waals surface area (Å²) < 4.78 is 0. The number of nitrogens with zero attached hydrogens (tertiary/aromatic N) is 2. The van der Waals surface area contributed by atoms with Crippen molar-refractivity contribution in [2.24, 2.45) is 11.8 Å². The first-order chi connectivity index (χ1) is 14.9. The Kier molecular flexibility index (Phi) is 6.51. The quantitative estimate of drug-likeness (QED) is 0.615. The van der Waals surface area contributed by atoms with Gasteiger partial charge >= 0.3 is 0 Å². The molecular weight excluding hydrogens is 410 g/mol. The van der Waals surface area contributed by atoms with E-state index in [1.165, 1.54) is 0 Å². The summed E-state index contributed by atoms with van der Waals surface area (Å²) in [5.41, 5.74) is 3.37. The molecule has 5 nitrogen and oxygen atoms in total. The van der Waals surface area contributed by atoms with E-state index < -0.39 is 0 Å². The molecule has 0 unspecified atom stereocenters. The van der Waals surface area contributed by atoms with Crippen LogP contribution in [0.4, 0.5) is 11.4 Å². The first-order valence-corrected chi connectivity index (χ1v) is 11.4. The molecule has 0 aliphatic heterocycles. The zero-order valence-corrected chi connectivity index (χ0v) is 19.0. The number of carbonyl (C=O) groups is 2. The summed E-state index contributed by atoms with van der Waals surface area (Å²) in [6, 6.07) is 13.2. The molecule has 0 bridgehead atoms. The van der Waals surface area contributed by atoms with Crippen molar-refractivity contribution in [3.8, 4) is 0 Å². The molecule has 0 aromatic heterocycles. The van der Waals surface area contributed by atoms with Gasteiger partial charge in [0.1, 0.15) is 0 Å². The maximum absolute atomic E-state index is 13.4. The van der Waals surface area contributed by atoms with Crippen LogP contribution in [0.1, 0.15) is 48.0 Å². The largest absolute Gasteiger partial charge is 0.377 e. The van der Waals surface area contributed by atoms with E-state index in [1.54, 1.807) is 12.1 Å². The second kappa shape index (κ2) is 9.31. The highest BCUT2D eigenvalue weighted by Crippen LogP contribution is 2.33. The fourth-order valence-corrected chi connectivity index (χ4v) is 4.20. The van der Waals surface area contributed by atoms with E-state index >= 15 is 0 Å². The van der Waals surface area contributed by atoms with Crippen LogP contribution in [0, 0.1) is 11.8 Å². The Morgan fingerprint density at radius 3 is 2.42 bits per heavy atom. The molecule has 2 amide bonds. The van der Waals surface area contributed by atoms with Gasteiger partial charge in [-0.25, -0.2) is 0 Å². The molecule has 2 aromatic carbocycles. The molecule has 0 radical (unpaired) electrons. The number of nitrogens with one attached hydrogen (secondary N) is 1. The number of hydrogen-bond acceptors (Lipinski definition) is 3. The highest BCUT2D eigenvalue weighted by atomic mass is 35.5. The topological polar surface area (TPSA) is 52.7 Å². The third-order valence-corrected chi connectivity index (χ3v) is 6.56. The molecule has 0 atom stereocenters. The number of amides is 2. The zero-order chi connectivity index (χ0) is 22.0. The number of carbonyl (C=O) groups excluding carboxylic acids is 2. The lowest BCUT2D eigenvalue weighted by Gasteiger charge is -2.27. The maximum Gasteiger partial charge on any atom is 0.255 e. The SMILES string of the molecule is CN(C)c1ccc(NC(=O)C2CCC2)cc1CN(CC1CC1)C(=O)c1ccccc1Cl. The normalized spacial score (nSPS) is 15.8. The molecule has 164 valence electrons. The second-order valence-electron chi connectivity index (χ2n) is 8.96. The van der Waals surface area contributed by atoms with Gasteiger partial charge < -0.3 is 15.1 Å². The van der Waals surface area contributed by atoms with E-state index in [1.807, 2.05) is 54.2 Å². The van der Waals surface area contributed by atoms with Gasteiger partial charge in [0.05, 0.1) is 10.6 Å². The van der Waals surface area contributed by atoms with Crippen molar-refractivity contribution in [2.75, 3.05) is 30.9 Å². The Hall–Kier alpha value is -2.53. The highest BCUT2D eigenvalue weighted by molar-refractivity contribution is 6.33. The predicted octanol–water partition coefficient (Wildman–Crippen LogP) is 5.20. The molecule has 4 rings (SSSR count). The summed E-state index contributed by atoms with van der Waals surface area (Å²) in [7, 11) is 3.99. The van der Waals surface area contributed by atoms with Gasteiger partial charge in [-0.15, -0.1) is 0 Å². The lowest BCUT2D eigenvalue weighted by Crippen LogP contribution is -2.33. The molecule has 2 saturated carbocycles. The van der Waals surface area contributed by atoms with Crippen molar-refractivity contribution < 1.29 is 9.59 Å². The van der Waals surface area contributed by atoms with Crippen LogP contribution in [0.15, 0.2) is 42.5 Å². The summed E-state index contributed by atoms with van der Waals surface area (Å²) in [5.74, 6) is 0.726. The van der Waals surface area contributed by atoms with Gasteiger partial charge in [0.25, 0.3) is 5.91 Å². The van der Waals surface area contributed by atoms with Crippen LogP contribution >= 0.6 is 11.6 Å². The first-order valence-electron chi connectivity index (χ1n) is 11.1. The Balaban J connectivity index is 1.59. The van der Waals surface area contributed by atoms with Gasteiger partial charge in [-0.1, -0.05) is 30.2 Å². The summed E-state index contributed by atoms with van der Waals surface area (Å²) >= 11 is 6.33. The van der Waals surface area contributed by atoms with Crippen LogP contribution in [0.5, 0.6) is 0 Å². The van der Waals surface area contributed by atoms with Gasteiger partial charge in [0.2, 0.25) is 5.91 Å². The molecule has 31 heavy (non-hydrogen) atoms. The van der Waals surface area contributed by atoms with Gasteiger partial charge in [-0.3, -0.25) is 9.59 Å². The smallest absolute Gasteiger partial charge is 0.255 e. The van der Waals surface area contributed by atoms with Crippen molar-refractivity contribution in [1.29, 1.82) is 0 Å². The van der Waals surface area contributed by atoms with Crippen LogP contribution in [-0.2, 0) is 11.3 Å². The Bertz CT molecular complexity index is 967. The molecule has 2 aromatic rings. The van der Waals surface area contributed by atoms with Crippen LogP contribution in [0.2, 0.25) is 5.02 Å². The van der Waals surface area contributed by atoms with Gasteiger partial charge in [0, 0.05) is 44.5 Å². The minimum Gasteiger partial charge on any atom is -0.377 e. The number of benzene rings is 2. The standard InChI is InChI=1S/C25H30ClN3O2/c1-28(2)23-13-12-20(27-24(30)18-6-5-7-18)14-19(23)16-29(15-17-10-11-17)25(31)21-8-3-4-9-22(21)26/h3-4,8-9,12-14,17-18H,5-7,10-11,15-16H2,1-2H3,(H,27,30). The van der Waals surface area contributed by atoms with E-state index in [0.29, 0.717) is 23.0 Å². The van der Waals surface area contributed by atoms with E-state index in [4.69, 9.17) is 11.6 Å². The van der Waals surface area contributed by atoms with E-state index in [2.05, 4.69) is 5.32 Å². The molecule has 0 heterocycles. The van der Waals surface area contributed by atoms with Gasteiger partial charge in [-0.05, 0) is 67.5 Å². The molecule has 6 heteroatoms. The zero-order valence-electron chi connectivity index (χ0n) is 18.2. The minimum atomic E-state index is -0.0499. The average molecular weight is 440 g/mol. The van der Waals surface area contributed by atoms with Crippen LogP contribution < -0.4 is 10.2 Å². The lowest BCUT2D eigenvalue weighted by atomic mass is 9.85. The van der Waals surface area contributed by atoms with Crippen molar-refractivity contribution in [1.82, 2.24) is 4.90 Å². The average Bonchev–Trinajstić information content (AvgIpc) is 3.50. The Labute approximate surface area is 189 Å². The molecule has 1 N–H and O–H groups in total. The Morgan fingerprint density at radius 2 is 1.81 bits per heavy atom. The monoisotopic (exact) mass is 439 g/mol. The lowest BCUT2D eigenvalue weighted by molar-refractivity contribution is -0.122. The molecule has 2 aliphatic carbocycles. The Morgan fingerprint density at radius 1 is 1.06 bits per heavy atom. The molecular formula is C25H30ClN3O2. The van der Waals surface area contributed by atoms with Crippen molar-refractivity contribution in [2.45, 2.75) is 38.6 Å². The highest BCUT2D eigenvalue weighted by Gasteiger charge is 2.29. The molecule has 0 saturated heterocycles.